The predicted octanol–water partition coefficient (Wildman–Crippen LogP) is 3.36. The molecule has 0 bridgehead atoms. The van der Waals surface area contributed by atoms with Gasteiger partial charge >= 0.3 is 5.97 Å². The first kappa shape index (κ1) is 22.4. The molecule has 0 radical (unpaired) electrons. The van der Waals surface area contributed by atoms with Crippen LogP contribution in [0, 0.1) is 5.92 Å². The Hall–Kier alpha value is -1.93. The summed E-state index contributed by atoms with van der Waals surface area (Å²) in [5, 5.41) is 5.62. The van der Waals surface area contributed by atoms with Crippen molar-refractivity contribution in [2.75, 3.05) is 13.2 Å². The molecule has 0 aromatic heterocycles. The molecule has 150 valence electrons. The lowest BCUT2D eigenvalue weighted by molar-refractivity contribution is -0.137. The Morgan fingerprint density at radius 3 is 2.82 bits per heavy atom. The van der Waals surface area contributed by atoms with Crippen molar-refractivity contribution in [3.63, 3.8) is 0 Å². The van der Waals surface area contributed by atoms with Gasteiger partial charge in [0.15, 0.2) is 0 Å². The first-order valence-corrected chi connectivity index (χ1v) is 10.5. The smallest absolute Gasteiger partial charge is 0.330 e. The number of ether oxygens (including phenoxy) is 1. The lowest BCUT2D eigenvalue weighted by Crippen LogP contribution is -2.35. The maximum absolute atomic E-state index is 12.4. The van der Waals surface area contributed by atoms with E-state index in [9.17, 15) is 14.4 Å². The van der Waals surface area contributed by atoms with Gasteiger partial charge in [-0.25, -0.2) is 4.79 Å². The van der Waals surface area contributed by atoms with Crippen LogP contribution in [0.25, 0.3) is 6.08 Å². The maximum Gasteiger partial charge on any atom is 0.330 e. The normalized spacial score (nSPS) is 17.7. The minimum atomic E-state index is -0.480. The molecule has 0 saturated carbocycles. The van der Waals surface area contributed by atoms with Crippen molar-refractivity contribution in [1.82, 2.24) is 10.6 Å². The molecule has 1 aromatic rings. The minimum Gasteiger partial charge on any atom is -0.463 e. The number of nitrogens with one attached hydrogen (secondary N) is 2. The van der Waals surface area contributed by atoms with Crippen LogP contribution in [0.1, 0.15) is 25.3 Å². The van der Waals surface area contributed by atoms with Crippen LogP contribution in [0.2, 0.25) is 0 Å². The van der Waals surface area contributed by atoms with E-state index in [0.717, 1.165) is 14.5 Å². The molecule has 1 aliphatic heterocycles. The molecule has 1 heterocycles. The average Bonchev–Trinajstić information content (AvgIpc) is 3.05. The number of rotatable bonds is 8. The fraction of sp³-hybridized carbons (Fsp3) is 0.350. The monoisotopic (exact) mass is 512 g/mol. The molecule has 28 heavy (non-hydrogen) atoms. The third-order valence-corrected chi connectivity index (χ3v) is 5.37. The second-order valence-electron chi connectivity index (χ2n) is 6.24. The molecule has 6 nitrogen and oxygen atoms in total. The molecule has 2 unspecified atom stereocenters. The topological polar surface area (TPSA) is 84.5 Å². The summed E-state index contributed by atoms with van der Waals surface area (Å²) in [6.07, 6.45) is 7.10. The molecule has 2 N–H and O–H groups in total. The van der Waals surface area contributed by atoms with E-state index < -0.39 is 12.0 Å². The van der Waals surface area contributed by atoms with E-state index in [1.807, 2.05) is 18.2 Å². The van der Waals surface area contributed by atoms with Crippen LogP contribution in [0.5, 0.6) is 0 Å². The second-order valence-corrected chi connectivity index (χ2v) is 8.01. The number of hydrogen-bond donors (Lipinski definition) is 2. The predicted molar refractivity (Wildman–Crippen MR) is 114 cm³/mol. The molecule has 0 spiro atoms. The highest BCUT2D eigenvalue weighted by molar-refractivity contribution is 9.11. The van der Waals surface area contributed by atoms with Crippen LogP contribution in [0.3, 0.4) is 0 Å². The molecule has 0 aliphatic carbocycles. The lowest BCUT2D eigenvalue weighted by Gasteiger charge is -2.17. The van der Waals surface area contributed by atoms with Gasteiger partial charge in [0.05, 0.1) is 6.61 Å². The molecule has 1 aliphatic rings. The molecule has 2 atom stereocenters. The second kappa shape index (κ2) is 11.2. The van der Waals surface area contributed by atoms with Gasteiger partial charge in [-0.3, -0.25) is 9.59 Å². The third-order valence-electron chi connectivity index (χ3n) is 4.15. The first-order chi connectivity index (χ1) is 13.4. The molecule has 8 heteroatoms. The van der Waals surface area contributed by atoms with Gasteiger partial charge in [0.1, 0.15) is 0 Å². The standard InChI is InChI=1S/C20H22Br2N2O4/c1-2-28-19(26)8-5-16(12-14-9-10-23-20(14)27)24-18(25)7-3-13-11-15(21)4-6-17(13)22/h3-8,11,14,16H,2,9-10,12H2,1H3,(H,23,27)(H,24,25). The molecule has 1 saturated heterocycles. The Balaban J connectivity index is 2.05. The Morgan fingerprint density at radius 1 is 1.36 bits per heavy atom. The van der Waals surface area contributed by atoms with Gasteiger partial charge in [-0.2, -0.15) is 0 Å². The van der Waals surface area contributed by atoms with E-state index >= 15 is 0 Å². The van der Waals surface area contributed by atoms with Crippen LogP contribution in [-0.2, 0) is 19.1 Å². The number of carbonyl (C=O) groups is 3. The quantitative estimate of drug-likeness (QED) is 0.412. The highest BCUT2D eigenvalue weighted by atomic mass is 79.9. The number of benzene rings is 1. The summed E-state index contributed by atoms with van der Waals surface area (Å²) >= 11 is 6.84. The Labute approximate surface area is 181 Å². The molecule has 1 fully saturated rings. The lowest BCUT2D eigenvalue weighted by atomic mass is 9.98. The van der Waals surface area contributed by atoms with E-state index in [-0.39, 0.29) is 24.3 Å². The van der Waals surface area contributed by atoms with Crippen LogP contribution >= 0.6 is 31.9 Å². The summed E-state index contributed by atoms with van der Waals surface area (Å²) < 4.78 is 6.64. The van der Waals surface area contributed by atoms with E-state index in [1.54, 1.807) is 19.1 Å². The largest absolute Gasteiger partial charge is 0.463 e. The molecule has 2 amide bonds. The molecular formula is C20H22Br2N2O4. The van der Waals surface area contributed by atoms with Crippen molar-refractivity contribution < 1.29 is 19.1 Å². The van der Waals surface area contributed by atoms with Gasteiger partial charge in [0.2, 0.25) is 11.8 Å². The minimum absolute atomic E-state index is 0.0302. The number of halogens is 2. The summed E-state index contributed by atoms with van der Waals surface area (Å²) in [7, 11) is 0. The van der Waals surface area contributed by atoms with E-state index in [0.29, 0.717) is 19.4 Å². The summed E-state index contributed by atoms with van der Waals surface area (Å²) in [4.78, 5) is 35.8. The number of hydrogen-bond acceptors (Lipinski definition) is 4. The third kappa shape index (κ3) is 7.24. The summed E-state index contributed by atoms with van der Waals surface area (Å²) in [5.74, 6) is -1.02. The Morgan fingerprint density at radius 2 is 2.14 bits per heavy atom. The molecular weight excluding hydrogens is 492 g/mol. The van der Waals surface area contributed by atoms with Gasteiger partial charge in [0.25, 0.3) is 0 Å². The zero-order valence-electron chi connectivity index (χ0n) is 15.4. The summed E-state index contributed by atoms with van der Waals surface area (Å²) in [5.41, 5.74) is 0.846. The number of esters is 1. The number of amides is 2. The molecule has 2 rings (SSSR count). The first-order valence-electron chi connectivity index (χ1n) is 8.95. The maximum atomic E-state index is 12.4. The highest BCUT2D eigenvalue weighted by Crippen LogP contribution is 2.22. The summed E-state index contributed by atoms with van der Waals surface area (Å²) in [6, 6.07) is 5.20. The van der Waals surface area contributed by atoms with Crippen LogP contribution in [0.15, 0.2) is 45.4 Å². The van der Waals surface area contributed by atoms with Crippen LogP contribution in [0.4, 0.5) is 0 Å². The van der Waals surface area contributed by atoms with E-state index in [1.165, 1.54) is 12.2 Å². The highest BCUT2D eigenvalue weighted by Gasteiger charge is 2.26. The van der Waals surface area contributed by atoms with Gasteiger partial charge < -0.3 is 15.4 Å². The fourth-order valence-corrected chi connectivity index (χ4v) is 3.54. The fourth-order valence-electron chi connectivity index (χ4n) is 2.79. The Bertz CT molecular complexity index is 792. The van der Waals surface area contributed by atoms with Crippen LogP contribution in [-0.4, -0.2) is 37.0 Å². The zero-order valence-corrected chi connectivity index (χ0v) is 18.6. The van der Waals surface area contributed by atoms with Crippen molar-refractivity contribution in [1.29, 1.82) is 0 Å². The van der Waals surface area contributed by atoms with Crippen molar-refractivity contribution in [2.24, 2.45) is 5.92 Å². The molecule has 1 aromatic carbocycles. The number of carbonyl (C=O) groups excluding carboxylic acids is 3. The zero-order chi connectivity index (χ0) is 20.5. The van der Waals surface area contributed by atoms with Crippen molar-refractivity contribution in [2.45, 2.75) is 25.8 Å². The van der Waals surface area contributed by atoms with Gasteiger partial charge in [-0.05, 0) is 49.6 Å². The van der Waals surface area contributed by atoms with Gasteiger partial charge in [-0.1, -0.05) is 37.9 Å². The Kier molecular flexibility index (Phi) is 8.92. The van der Waals surface area contributed by atoms with E-state index in [4.69, 9.17) is 4.74 Å². The van der Waals surface area contributed by atoms with Gasteiger partial charge in [0, 0.05) is 39.6 Å². The SMILES string of the molecule is CCOC(=O)C=CC(CC1CCNC1=O)NC(=O)C=Cc1cc(Br)ccc1Br. The van der Waals surface area contributed by atoms with Crippen molar-refractivity contribution >= 4 is 55.7 Å². The average molecular weight is 514 g/mol. The van der Waals surface area contributed by atoms with Crippen molar-refractivity contribution in [3.8, 4) is 0 Å². The summed E-state index contributed by atoms with van der Waals surface area (Å²) in [6.45, 7) is 2.62. The van der Waals surface area contributed by atoms with Crippen LogP contribution < -0.4 is 10.6 Å². The van der Waals surface area contributed by atoms with Gasteiger partial charge in [-0.15, -0.1) is 0 Å². The van der Waals surface area contributed by atoms with E-state index in [2.05, 4.69) is 42.5 Å². The van der Waals surface area contributed by atoms with Crippen molar-refractivity contribution in [3.05, 3.63) is 50.9 Å².